The largest absolute Gasteiger partial charge is 0.481 e. The second-order valence-corrected chi connectivity index (χ2v) is 6.62. The Hall–Kier alpha value is -1.67. The summed E-state index contributed by atoms with van der Waals surface area (Å²) < 4.78 is 9.59. The number of unbranched alkanes of at least 4 members (excludes halogenated alkanes) is 8. The number of carboxylic acids is 1. The van der Waals surface area contributed by atoms with E-state index < -0.39 is 49.8 Å². The molecule has 0 saturated carbocycles. The SMILES string of the molecule is CCCCCCCCCCCC(=O)OC(CC(=O)O)C(=O)OCC(O)CO. The highest BCUT2D eigenvalue weighted by Crippen LogP contribution is 2.12. The third kappa shape index (κ3) is 15.1. The molecule has 0 saturated heterocycles. The van der Waals surface area contributed by atoms with Gasteiger partial charge in [-0.3, -0.25) is 9.59 Å². The molecule has 0 aliphatic carbocycles. The molecule has 0 amide bonds. The average Bonchev–Trinajstić information content (AvgIpc) is 2.63. The summed E-state index contributed by atoms with van der Waals surface area (Å²) in [4.78, 5) is 34.5. The second-order valence-electron chi connectivity index (χ2n) is 6.62. The van der Waals surface area contributed by atoms with Gasteiger partial charge < -0.3 is 24.8 Å². The van der Waals surface area contributed by atoms with Crippen LogP contribution in [0.25, 0.3) is 0 Å². The van der Waals surface area contributed by atoms with Gasteiger partial charge in [-0.1, -0.05) is 58.3 Å². The number of rotatable bonds is 17. The predicted molar refractivity (Wildman–Crippen MR) is 98.0 cm³/mol. The Morgan fingerprint density at radius 2 is 1.48 bits per heavy atom. The minimum atomic E-state index is -1.56. The van der Waals surface area contributed by atoms with Gasteiger partial charge in [-0.25, -0.2) is 4.79 Å². The van der Waals surface area contributed by atoms with Crippen LogP contribution in [0.3, 0.4) is 0 Å². The fraction of sp³-hybridized carbons (Fsp3) is 0.842. The van der Waals surface area contributed by atoms with Crippen LogP contribution in [-0.4, -0.2) is 58.6 Å². The maximum Gasteiger partial charge on any atom is 0.348 e. The molecule has 0 aliphatic heterocycles. The molecule has 3 N–H and O–H groups in total. The Morgan fingerprint density at radius 1 is 0.926 bits per heavy atom. The standard InChI is InChI=1S/C19H34O8/c1-2-3-4-5-6-7-8-9-10-11-18(24)27-16(12-17(22)23)19(25)26-14-15(21)13-20/h15-16,20-21H,2-14H2,1H3,(H,22,23). The smallest absolute Gasteiger partial charge is 0.348 e. The number of aliphatic hydroxyl groups is 2. The van der Waals surface area contributed by atoms with E-state index in [9.17, 15) is 14.4 Å². The lowest BCUT2D eigenvalue weighted by Gasteiger charge is -2.16. The van der Waals surface area contributed by atoms with E-state index >= 15 is 0 Å². The van der Waals surface area contributed by atoms with Gasteiger partial charge in [0.2, 0.25) is 6.10 Å². The van der Waals surface area contributed by atoms with Crippen molar-refractivity contribution in [2.45, 2.75) is 89.8 Å². The molecule has 0 aliphatic rings. The molecule has 2 unspecified atom stereocenters. The first-order chi connectivity index (χ1) is 12.9. The van der Waals surface area contributed by atoms with Crippen LogP contribution >= 0.6 is 0 Å². The summed E-state index contributed by atoms with van der Waals surface area (Å²) in [5.74, 6) is -3.01. The summed E-state index contributed by atoms with van der Waals surface area (Å²) in [6.45, 7) is 1.08. The molecule has 0 rings (SSSR count). The first-order valence-corrected chi connectivity index (χ1v) is 9.77. The number of hydrogen-bond acceptors (Lipinski definition) is 7. The third-order valence-electron chi connectivity index (χ3n) is 4.01. The van der Waals surface area contributed by atoms with Crippen LogP contribution in [0.15, 0.2) is 0 Å². The van der Waals surface area contributed by atoms with Gasteiger partial charge in [0.05, 0.1) is 13.0 Å². The minimum absolute atomic E-state index is 0.110. The van der Waals surface area contributed by atoms with E-state index in [1.165, 1.54) is 32.1 Å². The summed E-state index contributed by atoms with van der Waals surface area (Å²) in [5.41, 5.74) is 0. The fourth-order valence-electron chi connectivity index (χ4n) is 2.45. The van der Waals surface area contributed by atoms with E-state index in [1.54, 1.807) is 0 Å². The van der Waals surface area contributed by atoms with Gasteiger partial charge in [-0.05, 0) is 6.42 Å². The molecule has 0 bridgehead atoms. The van der Waals surface area contributed by atoms with Gasteiger partial charge in [0.15, 0.2) is 0 Å². The van der Waals surface area contributed by atoms with Gasteiger partial charge in [0, 0.05) is 6.42 Å². The summed E-state index contributed by atoms with van der Waals surface area (Å²) >= 11 is 0. The lowest BCUT2D eigenvalue weighted by atomic mass is 10.1. The quantitative estimate of drug-likeness (QED) is 0.254. The molecular formula is C19H34O8. The molecule has 0 aromatic rings. The molecule has 158 valence electrons. The van der Waals surface area contributed by atoms with Crippen LogP contribution in [0.5, 0.6) is 0 Å². The number of aliphatic carboxylic acids is 1. The Balaban J connectivity index is 4.04. The van der Waals surface area contributed by atoms with Crippen molar-refractivity contribution in [3.8, 4) is 0 Å². The number of ether oxygens (including phenoxy) is 2. The molecule has 0 radical (unpaired) electrons. The van der Waals surface area contributed by atoms with E-state index in [1.807, 2.05) is 0 Å². The first-order valence-electron chi connectivity index (χ1n) is 9.77. The summed E-state index contributed by atoms with van der Waals surface area (Å²) in [7, 11) is 0. The maximum absolute atomic E-state index is 11.8. The number of carbonyl (C=O) groups is 3. The normalized spacial score (nSPS) is 13.0. The lowest BCUT2D eigenvalue weighted by Crippen LogP contribution is -2.33. The summed E-state index contributed by atoms with van der Waals surface area (Å²) in [6, 6.07) is 0. The molecule has 0 aromatic carbocycles. The number of esters is 2. The van der Waals surface area contributed by atoms with Crippen LogP contribution < -0.4 is 0 Å². The molecule has 27 heavy (non-hydrogen) atoms. The number of carbonyl (C=O) groups excluding carboxylic acids is 2. The second kappa shape index (κ2) is 16.5. The Bertz CT molecular complexity index is 424. The van der Waals surface area contributed by atoms with Crippen LogP contribution in [0.4, 0.5) is 0 Å². The zero-order chi connectivity index (χ0) is 20.5. The topological polar surface area (TPSA) is 130 Å². The summed E-state index contributed by atoms with van der Waals surface area (Å²) in [5, 5.41) is 26.6. The van der Waals surface area contributed by atoms with Crippen LogP contribution in [-0.2, 0) is 23.9 Å². The van der Waals surface area contributed by atoms with Gasteiger partial charge >= 0.3 is 17.9 Å². The summed E-state index contributed by atoms with van der Waals surface area (Å²) in [6.07, 6.45) is 6.40. The molecule has 8 heteroatoms. The fourth-order valence-corrected chi connectivity index (χ4v) is 2.45. The molecule has 8 nitrogen and oxygen atoms in total. The lowest BCUT2D eigenvalue weighted by molar-refractivity contribution is -0.173. The average molecular weight is 390 g/mol. The highest BCUT2D eigenvalue weighted by Gasteiger charge is 2.27. The van der Waals surface area contributed by atoms with Crippen LogP contribution in [0, 0.1) is 0 Å². The highest BCUT2D eigenvalue weighted by atomic mass is 16.6. The van der Waals surface area contributed by atoms with Gasteiger partial charge in [-0.2, -0.15) is 0 Å². The van der Waals surface area contributed by atoms with Crippen molar-refractivity contribution in [2.24, 2.45) is 0 Å². The zero-order valence-electron chi connectivity index (χ0n) is 16.2. The van der Waals surface area contributed by atoms with E-state index in [-0.39, 0.29) is 6.42 Å². The van der Waals surface area contributed by atoms with Crippen molar-refractivity contribution in [1.82, 2.24) is 0 Å². The van der Waals surface area contributed by atoms with E-state index in [4.69, 9.17) is 20.1 Å². The van der Waals surface area contributed by atoms with Crippen molar-refractivity contribution in [2.75, 3.05) is 13.2 Å². The molecule has 0 fully saturated rings. The predicted octanol–water partition coefficient (Wildman–Crippen LogP) is 2.19. The Labute approximate surface area is 160 Å². The van der Waals surface area contributed by atoms with Crippen molar-refractivity contribution in [3.05, 3.63) is 0 Å². The van der Waals surface area contributed by atoms with Crippen LogP contribution in [0.2, 0.25) is 0 Å². The van der Waals surface area contributed by atoms with Crippen molar-refractivity contribution in [1.29, 1.82) is 0 Å². The van der Waals surface area contributed by atoms with Crippen molar-refractivity contribution < 1.29 is 39.2 Å². The molecule has 0 spiro atoms. The van der Waals surface area contributed by atoms with Gasteiger partial charge in [-0.15, -0.1) is 0 Å². The number of hydrogen-bond donors (Lipinski definition) is 3. The third-order valence-corrected chi connectivity index (χ3v) is 4.01. The monoisotopic (exact) mass is 390 g/mol. The maximum atomic E-state index is 11.8. The zero-order valence-corrected chi connectivity index (χ0v) is 16.2. The minimum Gasteiger partial charge on any atom is -0.481 e. The Kier molecular flexibility index (Phi) is 15.5. The molecule has 0 aromatic heterocycles. The van der Waals surface area contributed by atoms with Gasteiger partial charge in [0.1, 0.15) is 12.7 Å². The Morgan fingerprint density at radius 3 is 2.00 bits per heavy atom. The van der Waals surface area contributed by atoms with Crippen LogP contribution in [0.1, 0.15) is 77.6 Å². The van der Waals surface area contributed by atoms with Gasteiger partial charge in [0.25, 0.3) is 0 Å². The van der Waals surface area contributed by atoms with Crippen molar-refractivity contribution >= 4 is 17.9 Å². The number of aliphatic hydroxyl groups excluding tert-OH is 2. The van der Waals surface area contributed by atoms with E-state index in [0.717, 1.165) is 19.3 Å². The van der Waals surface area contributed by atoms with E-state index in [0.29, 0.717) is 6.42 Å². The molecular weight excluding hydrogens is 356 g/mol. The molecule has 2 atom stereocenters. The highest BCUT2D eigenvalue weighted by molar-refractivity contribution is 5.83. The number of carboxylic acid groups (broad SMARTS) is 1. The van der Waals surface area contributed by atoms with E-state index in [2.05, 4.69) is 11.7 Å². The first kappa shape index (κ1) is 25.3. The van der Waals surface area contributed by atoms with Crippen molar-refractivity contribution in [3.63, 3.8) is 0 Å². The molecule has 0 heterocycles.